The van der Waals surface area contributed by atoms with Crippen LogP contribution in [0.15, 0.2) is 4.47 Å². The third-order valence-corrected chi connectivity index (χ3v) is 5.53. The van der Waals surface area contributed by atoms with Gasteiger partial charge in [-0.15, -0.1) is 0 Å². The standard InChI is InChI=1S/C16H19BrO2/c1-8-10(3)16(17)11(4)9(2)15(8)12-5-13(18)7-14(19)6-12/h12H,5-7H2,1-4H3. The summed E-state index contributed by atoms with van der Waals surface area (Å²) in [6, 6.07) is 0. The van der Waals surface area contributed by atoms with Crippen molar-refractivity contribution in [3.63, 3.8) is 0 Å². The van der Waals surface area contributed by atoms with Gasteiger partial charge in [0.15, 0.2) is 0 Å². The zero-order valence-electron chi connectivity index (χ0n) is 11.9. The van der Waals surface area contributed by atoms with Crippen LogP contribution in [0.4, 0.5) is 0 Å². The molecule has 1 fully saturated rings. The lowest BCUT2D eigenvalue weighted by atomic mass is 9.77. The van der Waals surface area contributed by atoms with Crippen molar-refractivity contribution in [3.05, 3.63) is 32.3 Å². The Morgan fingerprint density at radius 2 is 1.26 bits per heavy atom. The molecule has 2 rings (SSSR count). The third-order valence-electron chi connectivity index (χ3n) is 4.34. The van der Waals surface area contributed by atoms with Crippen molar-refractivity contribution in [2.24, 2.45) is 0 Å². The second kappa shape index (κ2) is 5.20. The van der Waals surface area contributed by atoms with Gasteiger partial charge >= 0.3 is 0 Å². The Kier molecular flexibility index (Phi) is 3.95. The average Bonchev–Trinajstić information content (AvgIpc) is 2.33. The molecule has 1 saturated carbocycles. The predicted molar refractivity (Wildman–Crippen MR) is 79.7 cm³/mol. The summed E-state index contributed by atoms with van der Waals surface area (Å²) in [5.74, 6) is 0.232. The van der Waals surface area contributed by atoms with Crippen LogP contribution in [0, 0.1) is 27.7 Å². The van der Waals surface area contributed by atoms with Crippen molar-refractivity contribution in [1.29, 1.82) is 0 Å². The van der Waals surface area contributed by atoms with E-state index < -0.39 is 0 Å². The fourth-order valence-corrected chi connectivity index (χ4v) is 3.69. The van der Waals surface area contributed by atoms with Gasteiger partial charge in [0.1, 0.15) is 11.6 Å². The van der Waals surface area contributed by atoms with Gasteiger partial charge in [0.05, 0.1) is 6.42 Å². The zero-order valence-corrected chi connectivity index (χ0v) is 13.5. The maximum Gasteiger partial charge on any atom is 0.140 e. The summed E-state index contributed by atoms with van der Waals surface area (Å²) < 4.78 is 1.14. The van der Waals surface area contributed by atoms with Crippen LogP contribution < -0.4 is 0 Å². The molecule has 0 amide bonds. The molecule has 1 aliphatic rings. The van der Waals surface area contributed by atoms with E-state index in [4.69, 9.17) is 0 Å². The smallest absolute Gasteiger partial charge is 0.140 e. The molecule has 0 unspecified atom stereocenters. The van der Waals surface area contributed by atoms with Crippen molar-refractivity contribution in [2.45, 2.75) is 52.9 Å². The van der Waals surface area contributed by atoms with Gasteiger partial charge in [0.25, 0.3) is 0 Å². The highest BCUT2D eigenvalue weighted by Crippen LogP contribution is 2.39. The summed E-state index contributed by atoms with van der Waals surface area (Å²) in [6.07, 6.45) is 1.14. The lowest BCUT2D eigenvalue weighted by molar-refractivity contribution is -0.130. The number of carbonyl (C=O) groups is 2. The van der Waals surface area contributed by atoms with E-state index >= 15 is 0 Å². The number of hydrogen-bond acceptors (Lipinski definition) is 2. The molecule has 1 aromatic rings. The zero-order chi connectivity index (χ0) is 14.3. The summed E-state index contributed by atoms with van der Waals surface area (Å²) >= 11 is 3.63. The number of Topliss-reactive ketones (excluding diaryl/α,β-unsaturated/α-hetero) is 2. The van der Waals surface area contributed by atoms with Crippen LogP contribution in [0.2, 0.25) is 0 Å². The highest BCUT2D eigenvalue weighted by Gasteiger charge is 2.29. The summed E-state index contributed by atoms with van der Waals surface area (Å²) in [4.78, 5) is 23.4. The van der Waals surface area contributed by atoms with Gasteiger partial charge in [-0.2, -0.15) is 0 Å². The summed E-state index contributed by atoms with van der Waals surface area (Å²) in [5.41, 5.74) is 6.05. The third kappa shape index (κ3) is 2.53. The molecule has 0 aliphatic heterocycles. The van der Waals surface area contributed by atoms with E-state index in [1.807, 2.05) is 0 Å². The lowest BCUT2D eigenvalue weighted by Gasteiger charge is -2.27. The first-order valence-electron chi connectivity index (χ1n) is 6.62. The van der Waals surface area contributed by atoms with E-state index in [1.54, 1.807) is 0 Å². The average molecular weight is 323 g/mol. The first kappa shape index (κ1) is 14.4. The molecular formula is C16H19BrO2. The van der Waals surface area contributed by atoms with Gasteiger partial charge in [-0.25, -0.2) is 0 Å². The first-order valence-corrected chi connectivity index (χ1v) is 7.41. The van der Waals surface area contributed by atoms with Crippen molar-refractivity contribution in [1.82, 2.24) is 0 Å². The molecule has 0 radical (unpaired) electrons. The molecule has 0 bridgehead atoms. The number of halogens is 1. The number of ketones is 2. The van der Waals surface area contributed by atoms with Crippen LogP contribution in [-0.4, -0.2) is 11.6 Å². The van der Waals surface area contributed by atoms with Gasteiger partial charge < -0.3 is 0 Å². The molecule has 0 spiro atoms. The van der Waals surface area contributed by atoms with Gasteiger partial charge in [-0.05, 0) is 61.4 Å². The molecule has 0 heterocycles. The molecule has 102 valence electrons. The molecule has 3 heteroatoms. The fourth-order valence-electron chi connectivity index (χ4n) is 3.10. The van der Waals surface area contributed by atoms with Gasteiger partial charge in [0, 0.05) is 17.3 Å². The fraction of sp³-hybridized carbons (Fsp3) is 0.500. The number of rotatable bonds is 1. The summed E-state index contributed by atoms with van der Waals surface area (Å²) in [6.45, 7) is 8.35. The van der Waals surface area contributed by atoms with Gasteiger partial charge in [-0.3, -0.25) is 9.59 Å². The minimum Gasteiger partial charge on any atom is -0.299 e. The van der Waals surface area contributed by atoms with Crippen molar-refractivity contribution in [3.8, 4) is 0 Å². The van der Waals surface area contributed by atoms with Crippen molar-refractivity contribution < 1.29 is 9.59 Å². The second-order valence-corrected chi connectivity index (χ2v) is 6.38. The van der Waals surface area contributed by atoms with Crippen LogP contribution in [0.25, 0.3) is 0 Å². The van der Waals surface area contributed by atoms with Crippen LogP contribution >= 0.6 is 15.9 Å². The van der Waals surface area contributed by atoms with Crippen LogP contribution in [0.1, 0.15) is 53.0 Å². The van der Waals surface area contributed by atoms with Crippen LogP contribution in [-0.2, 0) is 9.59 Å². The van der Waals surface area contributed by atoms with E-state index in [0.717, 1.165) is 4.47 Å². The number of hydrogen-bond donors (Lipinski definition) is 0. The minimum absolute atomic E-state index is 0.0687. The van der Waals surface area contributed by atoms with E-state index in [9.17, 15) is 9.59 Å². The summed E-state index contributed by atoms with van der Waals surface area (Å²) in [7, 11) is 0. The van der Waals surface area contributed by atoms with Crippen LogP contribution in [0.3, 0.4) is 0 Å². The van der Waals surface area contributed by atoms with E-state index in [1.165, 1.54) is 27.8 Å². The molecule has 2 nitrogen and oxygen atoms in total. The van der Waals surface area contributed by atoms with E-state index in [0.29, 0.717) is 12.8 Å². The SMILES string of the molecule is Cc1c(C)c(C2CC(=O)CC(=O)C2)c(C)c(C)c1Br. The van der Waals surface area contributed by atoms with Crippen molar-refractivity contribution >= 4 is 27.5 Å². The normalized spacial score (nSPS) is 17.1. The lowest BCUT2D eigenvalue weighted by Crippen LogP contribution is -2.23. The molecule has 0 N–H and O–H groups in total. The summed E-state index contributed by atoms with van der Waals surface area (Å²) in [5, 5.41) is 0. The quantitative estimate of drug-likeness (QED) is 0.730. The second-order valence-electron chi connectivity index (χ2n) is 5.59. The maximum atomic E-state index is 11.7. The van der Waals surface area contributed by atoms with E-state index in [2.05, 4.69) is 43.6 Å². The highest BCUT2D eigenvalue weighted by molar-refractivity contribution is 9.10. The maximum absolute atomic E-state index is 11.7. The largest absolute Gasteiger partial charge is 0.299 e. The monoisotopic (exact) mass is 322 g/mol. The molecule has 0 saturated heterocycles. The molecule has 0 aromatic heterocycles. The molecule has 0 atom stereocenters. The molecular weight excluding hydrogens is 304 g/mol. The predicted octanol–water partition coefficient (Wildman–Crippen LogP) is 4.09. The first-order chi connectivity index (χ1) is 8.82. The Labute approximate surface area is 122 Å². The Bertz CT molecular complexity index is 528. The minimum atomic E-state index is 0.0687. The Hall–Kier alpha value is -0.960. The Morgan fingerprint density at radius 3 is 1.68 bits per heavy atom. The highest BCUT2D eigenvalue weighted by atomic mass is 79.9. The Balaban J connectivity index is 2.56. The van der Waals surface area contributed by atoms with Crippen molar-refractivity contribution in [2.75, 3.05) is 0 Å². The molecule has 19 heavy (non-hydrogen) atoms. The number of carbonyl (C=O) groups excluding carboxylic acids is 2. The van der Waals surface area contributed by atoms with Gasteiger partial charge in [-0.1, -0.05) is 15.9 Å². The van der Waals surface area contributed by atoms with E-state index in [-0.39, 0.29) is 23.9 Å². The molecule has 1 aliphatic carbocycles. The number of benzene rings is 1. The van der Waals surface area contributed by atoms with Gasteiger partial charge in [0.2, 0.25) is 0 Å². The van der Waals surface area contributed by atoms with Crippen LogP contribution in [0.5, 0.6) is 0 Å². The molecule has 1 aromatic carbocycles. The Morgan fingerprint density at radius 1 is 0.842 bits per heavy atom. The topological polar surface area (TPSA) is 34.1 Å².